The largest absolute Gasteiger partial charge is 0.328 e. The zero-order chi connectivity index (χ0) is 25.3. The minimum atomic E-state index is -0.916. The molecule has 0 aliphatic carbocycles. The highest BCUT2D eigenvalue weighted by atomic mass is 35.5. The number of hydrogen-bond acceptors (Lipinski definition) is 3. The summed E-state index contributed by atoms with van der Waals surface area (Å²) < 4.78 is 1.30. The van der Waals surface area contributed by atoms with Crippen molar-refractivity contribution in [2.24, 2.45) is 0 Å². The van der Waals surface area contributed by atoms with E-state index < -0.39 is 17.7 Å². The fourth-order valence-corrected chi connectivity index (χ4v) is 4.00. The fourth-order valence-electron chi connectivity index (χ4n) is 3.82. The molecule has 0 spiro atoms. The van der Waals surface area contributed by atoms with Crippen molar-refractivity contribution in [1.82, 2.24) is 4.68 Å². The first kappa shape index (κ1) is 24.0. The van der Waals surface area contributed by atoms with E-state index in [0.29, 0.717) is 27.3 Å². The van der Waals surface area contributed by atoms with Gasteiger partial charge >= 0.3 is 11.8 Å². The normalized spacial score (nSPS) is 10.8. The minimum Gasteiger partial charge on any atom is -0.321 e. The summed E-state index contributed by atoms with van der Waals surface area (Å²) in [7, 11) is 0. The highest BCUT2D eigenvalue weighted by Crippen LogP contribution is 2.24. The van der Waals surface area contributed by atoms with Crippen LogP contribution in [0.15, 0.2) is 60.7 Å². The van der Waals surface area contributed by atoms with Gasteiger partial charge in [0.15, 0.2) is 0 Å². The molecule has 0 fully saturated rings. The van der Waals surface area contributed by atoms with Gasteiger partial charge in [0.2, 0.25) is 0 Å². The number of fused-ring (bicyclic) bond motifs is 1. The number of nitrogens with zero attached hydrogens (tertiary/aromatic N) is 1. The average molecular weight is 489 g/mol. The molecule has 3 amide bonds. The third kappa shape index (κ3) is 5.05. The fraction of sp³-hybridized carbons (Fsp3) is 0.148. The summed E-state index contributed by atoms with van der Waals surface area (Å²) in [6.45, 7) is 7.64. The number of hydrogen-bond donors (Lipinski definition) is 3. The SMILES string of the molecule is Cc1ccc(NC(=O)c2cc3cc(Cl)ccc3n2NC(=O)C(=O)Nc2c(C)cccc2C)cc1C. The van der Waals surface area contributed by atoms with Crippen molar-refractivity contribution >= 4 is 51.6 Å². The standard InChI is InChI=1S/C27H25ClN4O3/c1-15-8-10-21(12-18(15)4)29-25(33)23-14-19-13-20(28)9-11-22(19)32(23)31-27(35)26(34)30-24-16(2)6-5-7-17(24)3/h5-14H,1-4H3,(H,29,33)(H,30,34)(H,31,35). The molecule has 1 aromatic heterocycles. The van der Waals surface area contributed by atoms with Gasteiger partial charge in [-0.25, -0.2) is 4.68 Å². The monoisotopic (exact) mass is 488 g/mol. The number of amides is 3. The van der Waals surface area contributed by atoms with Gasteiger partial charge < -0.3 is 10.6 Å². The first-order valence-corrected chi connectivity index (χ1v) is 11.4. The molecule has 7 nitrogen and oxygen atoms in total. The molecular formula is C27H25ClN4O3. The molecule has 35 heavy (non-hydrogen) atoms. The van der Waals surface area contributed by atoms with Crippen LogP contribution in [0.25, 0.3) is 10.9 Å². The van der Waals surface area contributed by atoms with Gasteiger partial charge in [-0.3, -0.25) is 19.8 Å². The van der Waals surface area contributed by atoms with E-state index in [0.717, 1.165) is 22.3 Å². The van der Waals surface area contributed by atoms with Crippen LogP contribution in [0.5, 0.6) is 0 Å². The highest BCUT2D eigenvalue weighted by molar-refractivity contribution is 6.42. The summed E-state index contributed by atoms with van der Waals surface area (Å²) in [6.07, 6.45) is 0. The maximum atomic E-state index is 13.2. The molecule has 0 aliphatic heterocycles. The van der Waals surface area contributed by atoms with E-state index in [4.69, 9.17) is 11.6 Å². The molecule has 0 saturated heterocycles. The molecule has 0 bridgehead atoms. The number of aromatic nitrogens is 1. The number of halogens is 1. The van der Waals surface area contributed by atoms with Crippen molar-refractivity contribution in [3.8, 4) is 0 Å². The Morgan fingerprint density at radius 2 is 1.46 bits per heavy atom. The average Bonchev–Trinajstić information content (AvgIpc) is 3.16. The molecule has 4 rings (SSSR count). The number of carbonyl (C=O) groups is 3. The highest BCUT2D eigenvalue weighted by Gasteiger charge is 2.22. The third-order valence-electron chi connectivity index (χ3n) is 5.90. The second kappa shape index (κ2) is 9.64. The third-order valence-corrected chi connectivity index (χ3v) is 6.14. The number of benzene rings is 3. The topological polar surface area (TPSA) is 92.2 Å². The molecule has 0 atom stereocenters. The first-order valence-electron chi connectivity index (χ1n) is 11.0. The van der Waals surface area contributed by atoms with E-state index in [1.165, 1.54) is 4.68 Å². The summed E-state index contributed by atoms with van der Waals surface area (Å²) in [4.78, 5) is 38.8. The number of anilines is 2. The van der Waals surface area contributed by atoms with Crippen LogP contribution in [-0.2, 0) is 9.59 Å². The van der Waals surface area contributed by atoms with E-state index in [1.54, 1.807) is 30.3 Å². The summed E-state index contributed by atoms with van der Waals surface area (Å²) in [6, 6.07) is 17.8. The van der Waals surface area contributed by atoms with Crippen molar-refractivity contribution in [3.63, 3.8) is 0 Å². The van der Waals surface area contributed by atoms with Crippen LogP contribution in [0.2, 0.25) is 5.02 Å². The Balaban J connectivity index is 1.65. The van der Waals surface area contributed by atoms with Gasteiger partial charge in [-0.2, -0.15) is 0 Å². The second-order valence-corrected chi connectivity index (χ2v) is 8.92. The lowest BCUT2D eigenvalue weighted by molar-refractivity contribution is -0.133. The Kier molecular flexibility index (Phi) is 6.62. The summed E-state index contributed by atoms with van der Waals surface area (Å²) in [5, 5.41) is 6.64. The Bertz CT molecular complexity index is 1470. The van der Waals surface area contributed by atoms with Crippen LogP contribution >= 0.6 is 11.6 Å². The van der Waals surface area contributed by atoms with Gasteiger partial charge in [-0.05, 0) is 86.3 Å². The quantitative estimate of drug-likeness (QED) is 0.332. The molecule has 3 aromatic carbocycles. The molecule has 0 radical (unpaired) electrons. The van der Waals surface area contributed by atoms with Crippen molar-refractivity contribution in [1.29, 1.82) is 0 Å². The van der Waals surface area contributed by atoms with Gasteiger partial charge in [-0.15, -0.1) is 0 Å². The first-order chi connectivity index (χ1) is 16.6. The Hall–Kier alpha value is -4.10. The molecule has 0 saturated carbocycles. The lowest BCUT2D eigenvalue weighted by atomic mass is 10.1. The zero-order valence-corrected chi connectivity index (χ0v) is 20.6. The van der Waals surface area contributed by atoms with E-state index >= 15 is 0 Å². The summed E-state index contributed by atoms with van der Waals surface area (Å²) in [5.74, 6) is -2.21. The Labute approximate surface area is 208 Å². The van der Waals surface area contributed by atoms with Crippen LogP contribution in [0, 0.1) is 27.7 Å². The minimum absolute atomic E-state index is 0.147. The smallest absolute Gasteiger partial charge is 0.321 e. The predicted octanol–water partition coefficient (Wildman–Crippen LogP) is 5.49. The van der Waals surface area contributed by atoms with Crippen LogP contribution in [0.4, 0.5) is 11.4 Å². The number of aryl methyl sites for hydroxylation is 4. The van der Waals surface area contributed by atoms with Crippen molar-refractivity contribution in [3.05, 3.63) is 93.6 Å². The number of nitrogens with one attached hydrogen (secondary N) is 3. The van der Waals surface area contributed by atoms with Gasteiger partial charge in [-0.1, -0.05) is 35.9 Å². The molecule has 0 aliphatic rings. The van der Waals surface area contributed by atoms with Crippen LogP contribution in [0.1, 0.15) is 32.7 Å². The molecule has 8 heteroatoms. The van der Waals surface area contributed by atoms with Gasteiger partial charge in [0, 0.05) is 21.8 Å². The molecule has 3 N–H and O–H groups in total. The van der Waals surface area contributed by atoms with Crippen molar-refractivity contribution in [2.45, 2.75) is 27.7 Å². The maximum Gasteiger partial charge on any atom is 0.328 e. The lowest BCUT2D eigenvalue weighted by Crippen LogP contribution is -2.36. The van der Waals surface area contributed by atoms with Crippen LogP contribution in [-0.4, -0.2) is 22.4 Å². The van der Waals surface area contributed by atoms with Gasteiger partial charge in [0.1, 0.15) is 5.69 Å². The predicted molar refractivity (Wildman–Crippen MR) is 140 cm³/mol. The van der Waals surface area contributed by atoms with Crippen molar-refractivity contribution < 1.29 is 14.4 Å². The number of rotatable bonds is 4. The van der Waals surface area contributed by atoms with E-state index in [2.05, 4.69) is 16.1 Å². The van der Waals surface area contributed by atoms with Gasteiger partial charge in [0.25, 0.3) is 5.91 Å². The molecule has 178 valence electrons. The molecule has 1 heterocycles. The lowest BCUT2D eigenvalue weighted by Gasteiger charge is -2.14. The summed E-state index contributed by atoms with van der Waals surface area (Å²) >= 11 is 6.14. The number of para-hydroxylation sites is 1. The van der Waals surface area contributed by atoms with Crippen molar-refractivity contribution in [2.75, 3.05) is 16.1 Å². The van der Waals surface area contributed by atoms with E-state index in [1.807, 2.05) is 58.0 Å². The zero-order valence-electron chi connectivity index (χ0n) is 19.8. The Morgan fingerprint density at radius 3 is 2.14 bits per heavy atom. The van der Waals surface area contributed by atoms with Crippen LogP contribution < -0.4 is 16.1 Å². The van der Waals surface area contributed by atoms with Gasteiger partial charge in [0.05, 0.1) is 5.52 Å². The van der Waals surface area contributed by atoms with Crippen LogP contribution in [0.3, 0.4) is 0 Å². The molecular weight excluding hydrogens is 464 g/mol. The second-order valence-electron chi connectivity index (χ2n) is 8.48. The van der Waals surface area contributed by atoms with E-state index in [-0.39, 0.29) is 5.69 Å². The summed E-state index contributed by atoms with van der Waals surface area (Å²) in [5.41, 5.74) is 8.23. The Morgan fingerprint density at radius 1 is 0.743 bits per heavy atom. The van der Waals surface area contributed by atoms with E-state index in [9.17, 15) is 14.4 Å². The maximum absolute atomic E-state index is 13.2. The molecule has 4 aromatic rings. The number of carbonyl (C=O) groups excluding carboxylic acids is 3. The molecule has 0 unspecified atom stereocenters.